The smallest absolute Gasteiger partial charge is 0.222 e. The lowest BCUT2D eigenvalue weighted by molar-refractivity contribution is -0.130. The highest BCUT2D eigenvalue weighted by Gasteiger charge is 2.22. The summed E-state index contributed by atoms with van der Waals surface area (Å²) in [4.78, 5) is 25.5. The Morgan fingerprint density at radius 2 is 1.93 bits per heavy atom. The van der Waals surface area contributed by atoms with Crippen LogP contribution in [0.3, 0.4) is 0 Å². The molecule has 7 heteroatoms. The normalized spacial score (nSPS) is 14.6. The third-order valence-electron chi connectivity index (χ3n) is 5.51. The number of ether oxygens (including phenoxy) is 1. The Morgan fingerprint density at radius 1 is 1.10 bits per heavy atom. The topological polar surface area (TPSA) is 58.6 Å². The predicted octanol–water partition coefficient (Wildman–Crippen LogP) is 3.45. The molecular formula is C23H25FN4O2. The second kappa shape index (κ2) is 9.07. The number of benzene rings is 2. The number of fused-ring (bicyclic) bond motifs is 1. The molecule has 2 heterocycles. The quantitative estimate of drug-likeness (QED) is 0.647. The summed E-state index contributed by atoms with van der Waals surface area (Å²) in [5, 5.41) is 0.750. The molecule has 6 nitrogen and oxygen atoms in total. The summed E-state index contributed by atoms with van der Waals surface area (Å²) in [7, 11) is 1.44. The molecule has 0 atom stereocenters. The zero-order valence-electron chi connectivity index (χ0n) is 17.1. The molecule has 1 aliphatic rings. The largest absolute Gasteiger partial charge is 0.494 e. The third-order valence-corrected chi connectivity index (χ3v) is 5.51. The Bertz CT molecular complexity index is 1030. The number of aryl methyl sites for hydroxylation is 1. The summed E-state index contributed by atoms with van der Waals surface area (Å²) >= 11 is 0. The van der Waals surface area contributed by atoms with Gasteiger partial charge in [0.15, 0.2) is 11.6 Å². The van der Waals surface area contributed by atoms with Crippen LogP contribution in [0, 0.1) is 5.82 Å². The van der Waals surface area contributed by atoms with Crippen molar-refractivity contribution in [2.75, 3.05) is 38.2 Å². The standard InChI is InChI=1S/C23H25FN4O2/c1-30-21-14-18-20(15-19(21)24)25-16-26-23(18)28-11-5-10-27(12-13-28)22(29)9-8-17-6-3-2-4-7-17/h2-4,6-7,14-16H,5,8-13H2,1H3. The van der Waals surface area contributed by atoms with Crippen molar-refractivity contribution in [2.24, 2.45) is 0 Å². The van der Waals surface area contributed by atoms with E-state index in [0.29, 0.717) is 25.0 Å². The summed E-state index contributed by atoms with van der Waals surface area (Å²) in [5.74, 6) is 0.653. The van der Waals surface area contributed by atoms with Crippen molar-refractivity contribution in [3.05, 3.63) is 60.2 Å². The molecule has 0 bridgehead atoms. The van der Waals surface area contributed by atoms with Gasteiger partial charge in [0.25, 0.3) is 0 Å². The van der Waals surface area contributed by atoms with Gasteiger partial charge >= 0.3 is 0 Å². The van der Waals surface area contributed by atoms with E-state index in [1.54, 1.807) is 6.07 Å². The van der Waals surface area contributed by atoms with Gasteiger partial charge in [0, 0.05) is 44.1 Å². The molecule has 0 spiro atoms. The number of nitrogens with zero attached hydrogens (tertiary/aromatic N) is 4. The van der Waals surface area contributed by atoms with Crippen LogP contribution in [0.5, 0.6) is 5.75 Å². The molecule has 0 N–H and O–H groups in total. The molecule has 0 radical (unpaired) electrons. The van der Waals surface area contributed by atoms with E-state index in [0.717, 1.165) is 37.1 Å². The summed E-state index contributed by atoms with van der Waals surface area (Å²) in [6, 6.07) is 13.1. The first-order valence-corrected chi connectivity index (χ1v) is 10.2. The number of carbonyl (C=O) groups is 1. The average Bonchev–Trinajstić information content (AvgIpc) is 3.03. The summed E-state index contributed by atoms with van der Waals surface area (Å²) in [6.45, 7) is 2.81. The second-order valence-electron chi connectivity index (χ2n) is 7.41. The third kappa shape index (κ3) is 4.35. The van der Waals surface area contributed by atoms with Gasteiger partial charge in [-0.3, -0.25) is 4.79 Å². The van der Waals surface area contributed by atoms with Crippen LogP contribution in [0.25, 0.3) is 10.9 Å². The molecule has 0 aliphatic carbocycles. The fourth-order valence-electron chi connectivity index (χ4n) is 3.89. The Kier molecular flexibility index (Phi) is 6.07. The average molecular weight is 408 g/mol. The van der Waals surface area contributed by atoms with Gasteiger partial charge in [0.05, 0.1) is 12.6 Å². The van der Waals surface area contributed by atoms with Crippen LogP contribution in [0.4, 0.5) is 10.2 Å². The SMILES string of the molecule is COc1cc2c(N3CCCN(C(=O)CCc4ccccc4)CC3)ncnc2cc1F. The maximum atomic E-state index is 14.1. The Balaban J connectivity index is 1.46. The van der Waals surface area contributed by atoms with Crippen molar-refractivity contribution in [3.8, 4) is 5.75 Å². The maximum absolute atomic E-state index is 14.1. The highest BCUT2D eigenvalue weighted by Crippen LogP contribution is 2.29. The summed E-state index contributed by atoms with van der Waals surface area (Å²) < 4.78 is 19.2. The maximum Gasteiger partial charge on any atom is 0.222 e. The van der Waals surface area contributed by atoms with Gasteiger partial charge in [-0.05, 0) is 24.5 Å². The van der Waals surface area contributed by atoms with Gasteiger partial charge in [0.2, 0.25) is 5.91 Å². The van der Waals surface area contributed by atoms with E-state index in [2.05, 4.69) is 27.0 Å². The molecule has 1 saturated heterocycles. The first kappa shape index (κ1) is 20.1. The molecule has 30 heavy (non-hydrogen) atoms. The predicted molar refractivity (Wildman–Crippen MR) is 114 cm³/mol. The molecule has 0 unspecified atom stereocenters. The van der Waals surface area contributed by atoms with Gasteiger partial charge in [-0.1, -0.05) is 30.3 Å². The van der Waals surface area contributed by atoms with Crippen LogP contribution in [0.2, 0.25) is 0 Å². The van der Waals surface area contributed by atoms with Gasteiger partial charge in [-0.2, -0.15) is 0 Å². The molecule has 1 fully saturated rings. The molecular weight excluding hydrogens is 383 g/mol. The van der Waals surface area contributed by atoms with Crippen LogP contribution in [0.1, 0.15) is 18.4 Å². The van der Waals surface area contributed by atoms with Crippen molar-refractivity contribution in [1.82, 2.24) is 14.9 Å². The first-order chi connectivity index (χ1) is 14.7. The Hall–Kier alpha value is -3.22. The minimum absolute atomic E-state index is 0.172. The Labute approximate surface area is 175 Å². The molecule has 2 aromatic carbocycles. The number of anilines is 1. The number of rotatable bonds is 5. The van der Waals surface area contributed by atoms with E-state index < -0.39 is 5.82 Å². The first-order valence-electron chi connectivity index (χ1n) is 10.2. The van der Waals surface area contributed by atoms with Crippen molar-refractivity contribution in [3.63, 3.8) is 0 Å². The van der Waals surface area contributed by atoms with Gasteiger partial charge in [0.1, 0.15) is 12.1 Å². The van der Waals surface area contributed by atoms with E-state index in [9.17, 15) is 9.18 Å². The summed E-state index contributed by atoms with van der Waals surface area (Å²) in [6.07, 6.45) is 3.57. The van der Waals surface area contributed by atoms with E-state index in [1.807, 2.05) is 23.1 Å². The van der Waals surface area contributed by atoms with Crippen LogP contribution >= 0.6 is 0 Å². The molecule has 0 saturated carbocycles. The van der Waals surface area contributed by atoms with Crippen LogP contribution in [-0.2, 0) is 11.2 Å². The number of hydrogen-bond donors (Lipinski definition) is 0. The van der Waals surface area contributed by atoms with Crippen molar-refractivity contribution in [1.29, 1.82) is 0 Å². The Morgan fingerprint density at radius 3 is 2.73 bits per heavy atom. The van der Waals surface area contributed by atoms with E-state index in [1.165, 1.54) is 25.1 Å². The molecule has 1 amide bonds. The minimum Gasteiger partial charge on any atom is -0.494 e. The highest BCUT2D eigenvalue weighted by molar-refractivity contribution is 5.90. The van der Waals surface area contributed by atoms with Crippen molar-refractivity contribution >= 4 is 22.6 Å². The van der Waals surface area contributed by atoms with Crippen LogP contribution < -0.4 is 9.64 Å². The molecule has 4 rings (SSSR count). The zero-order chi connectivity index (χ0) is 20.9. The fourth-order valence-corrected chi connectivity index (χ4v) is 3.89. The number of methoxy groups -OCH3 is 1. The number of halogens is 1. The van der Waals surface area contributed by atoms with Crippen molar-refractivity contribution < 1.29 is 13.9 Å². The molecule has 3 aromatic rings. The minimum atomic E-state index is -0.444. The molecule has 1 aliphatic heterocycles. The van der Waals surface area contributed by atoms with Crippen LogP contribution in [-0.4, -0.2) is 54.1 Å². The van der Waals surface area contributed by atoms with Crippen molar-refractivity contribution in [2.45, 2.75) is 19.3 Å². The lowest BCUT2D eigenvalue weighted by Crippen LogP contribution is -2.35. The van der Waals surface area contributed by atoms with E-state index in [-0.39, 0.29) is 11.7 Å². The monoisotopic (exact) mass is 408 g/mol. The van der Waals surface area contributed by atoms with E-state index >= 15 is 0 Å². The van der Waals surface area contributed by atoms with Crippen LogP contribution in [0.15, 0.2) is 48.8 Å². The molecule has 1 aromatic heterocycles. The number of aromatic nitrogens is 2. The van der Waals surface area contributed by atoms with Gasteiger partial charge < -0.3 is 14.5 Å². The second-order valence-corrected chi connectivity index (χ2v) is 7.41. The van der Waals surface area contributed by atoms with Gasteiger partial charge in [-0.25, -0.2) is 14.4 Å². The fraction of sp³-hybridized carbons (Fsp3) is 0.348. The highest BCUT2D eigenvalue weighted by atomic mass is 19.1. The summed E-state index contributed by atoms with van der Waals surface area (Å²) in [5.41, 5.74) is 1.72. The lowest BCUT2D eigenvalue weighted by atomic mass is 10.1. The molecule has 156 valence electrons. The lowest BCUT2D eigenvalue weighted by Gasteiger charge is -2.24. The number of carbonyl (C=O) groups excluding carboxylic acids is 1. The van der Waals surface area contributed by atoms with Gasteiger partial charge in [-0.15, -0.1) is 0 Å². The number of hydrogen-bond acceptors (Lipinski definition) is 5. The zero-order valence-corrected chi connectivity index (χ0v) is 17.1. The number of amides is 1. The van der Waals surface area contributed by atoms with E-state index in [4.69, 9.17) is 4.74 Å².